The fraction of sp³-hybridized carbons (Fsp3) is 0.400. The molecule has 2 rings (SSSR count). The highest BCUT2D eigenvalue weighted by atomic mass is 16.5. The standard InChI is InChI=1S/C15H18O2/c1-17-14-9-7-13(8-10-14)15(16)11-12-5-3-2-4-6-12/h5,7-10H,2-4,6,11H2,1H3. The summed E-state index contributed by atoms with van der Waals surface area (Å²) >= 11 is 0. The molecule has 0 N–H and O–H groups in total. The summed E-state index contributed by atoms with van der Waals surface area (Å²) in [4.78, 5) is 12.0. The molecule has 0 saturated heterocycles. The SMILES string of the molecule is COc1ccc(C(=O)CC2=CCCCC2)cc1. The van der Waals surface area contributed by atoms with Crippen LogP contribution in [0.2, 0.25) is 0 Å². The molecule has 0 amide bonds. The second kappa shape index (κ2) is 5.67. The van der Waals surface area contributed by atoms with Crippen molar-refractivity contribution in [1.82, 2.24) is 0 Å². The van der Waals surface area contributed by atoms with Gasteiger partial charge in [0.2, 0.25) is 0 Å². The molecule has 0 fully saturated rings. The largest absolute Gasteiger partial charge is 0.497 e. The van der Waals surface area contributed by atoms with Crippen LogP contribution in [0.1, 0.15) is 42.5 Å². The Morgan fingerprint density at radius 2 is 2.00 bits per heavy atom. The number of hydrogen-bond donors (Lipinski definition) is 0. The Bertz CT molecular complexity index is 415. The second-order valence-corrected chi connectivity index (χ2v) is 4.44. The van der Waals surface area contributed by atoms with E-state index in [1.807, 2.05) is 24.3 Å². The monoisotopic (exact) mass is 230 g/mol. The lowest BCUT2D eigenvalue weighted by Crippen LogP contribution is -2.03. The van der Waals surface area contributed by atoms with Crippen molar-refractivity contribution in [1.29, 1.82) is 0 Å². The summed E-state index contributed by atoms with van der Waals surface area (Å²) in [5.41, 5.74) is 2.08. The van der Waals surface area contributed by atoms with E-state index in [1.54, 1.807) is 7.11 Å². The Hall–Kier alpha value is -1.57. The van der Waals surface area contributed by atoms with Crippen molar-refractivity contribution in [3.63, 3.8) is 0 Å². The van der Waals surface area contributed by atoms with E-state index in [9.17, 15) is 4.79 Å². The maximum Gasteiger partial charge on any atom is 0.166 e. The number of ether oxygens (including phenoxy) is 1. The first-order valence-corrected chi connectivity index (χ1v) is 6.15. The summed E-state index contributed by atoms with van der Waals surface area (Å²) in [6, 6.07) is 7.35. The van der Waals surface area contributed by atoms with Gasteiger partial charge in [-0.2, -0.15) is 0 Å². The Morgan fingerprint density at radius 1 is 1.24 bits per heavy atom. The molecule has 0 unspecified atom stereocenters. The Kier molecular flexibility index (Phi) is 3.97. The van der Waals surface area contributed by atoms with E-state index in [0.717, 1.165) is 24.2 Å². The molecule has 1 aromatic rings. The minimum absolute atomic E-state index is 0.209. The minimum atomic E-state index is 0.209. The van der Waals surface area contributed by atoms with Crippen LogP contribution in [0.15, 0.2) is 35.9 Å². The fourth-order valence-electron chi connectivity index (χ4n) is 2.15. The quantitative estimate of drug-likeness (QED) is 0.581. The normalized spacial score (nSPS) is 15.2. The first-order valence-electron chi connectivity index (χ1n) is 6.15. The molecule has 1 aliphatic carbocycles. The Labute approximate surface area is 102 Å². The maximum absolute atomic E-state index is 12.0. The van der Waals surface area contributed by atoms with Crippen LogP contribution in [-0.4, -0.2) is 12.9 Å². The van der Waals surface area contributed by atoms with Gasteiger partial charge in [0.25, 0.3) is 0 Å². The third kappa shape index (κ3) is 3.19. The van der Waals surface area contributed by atoms with Gasteiger partial charge in [0.1, 0.15) is 5.75 Å². The van der Waals surface area contributed by atoms with Crippen molar-refractivity contribution in [2.45, 2.75) is 32.1 Å². The zero-order valence-corrected chi connectivity index (χ0v) is 10.2. The summed E-state index contributed by atoms with van der Waals surface area (Å²) in [5.74, 6) is 0.999. The molecule has 0 aromatic heterocycles. The molecule has 0 radical (unpaired) electrons. The van der Waals surface area contributed by atoms with Gasteiger partial charge in [-0.15, -0.1) is 0 Å². The van der Waals surface area contributed by atoms with Gasteiger partial charge in [0.15, 0.2) is 5.78 Å². The zero-order chi connectivity index (χ0) is 12.1. The highest BCUT2D eigenvalue weighted by molar-refractivity contribution is 5.97. The number of ketones is 1. The van der Waals surface area contributed by atoms with Crippen LogP contribution in [0.25, 0.3) is 0 Å². The van der Waals surface area contributed by atoms with Crippen LogP contribution in [0.5, 0.6) is 5.75 Å². The van der Waals surface area contributed by atoms with Gasteiger partial charge in [-0.25, -0.2) is 0 Å². The summed E-state index contributed by atoms with van der Waals surface area (Å²) in [7, 11) is 1.63. The first-order chi connectivity index (χ1) is 8.29. The van der Waals surface area contributed by atoms with Crippen molar-refractivity contribution in [2.24, 2.45) is 0 Å². The zero-order valence-electron chi connectivity index (χ0n) is 10.2. The highest BCUT2D eigenvalue weighted by Gasteiger charge is 2.11. The molecule has 0 spiro atoms. The van der Waals surface area contributed by atoms with Gasteiger partial charge >= 0.3 is 0 Å². The lowest BCUT2D eigenvalue weighted by Gasteiger charge is -2.11. The predicted molar refractivity (Wildman–Crippen MR) is 68.5 cm³/mol. The number of hydrogen-bond acceptors (Lipinski definition) is 2. The van der Waals surface area contributed by atoms with Gasteiger partial charge in [-0.1, -0.05) is 11.6 Å². The molecule has 2 heteroatoms. The number of allylic oxidation sites excluding steroid dienone is 2. The van der Waals surface area contributed by atoms with E-state index in [1.165, 1.54) is 18.4 Å². The molecule has 0 aliphatic heterocycles. The molecule has 17 heavy (non-hydrogen) atoms. The number of Topliss-reactive ketones (excluding diaryl/α,β-unsaturated/α-hetero) is 1. The summed E-state index contributed by atoms with van der Waals surface area (Å²) in [5, 5.41) is 0. The van der Waals surface area contributed by atoms with Crippen LogP contribution in [0.3, 0.4) is 0 Å². The van der Waals surface area contributed by atoms with Crippen molar-refractivity contribution < 1.29 is 9.53 Å². The maximum atomic E-state index is 12.0. The summed E-state index contributed by atoms with van der Waals surface area (Å²) in [6.45, 7) is 0. The van der Waals surface area contributed by atoms with Crippen LogP contribution in [0, 0.1) is 0 Å². The molecule has 1 aliphatic rings. The number of carbonyl (C=O) groups excluding carboxylic acids is 1. The smallest absolute Gasteiger partial charge is 0.166 e. The molecule has 0 saturated carbocycles. The van der Waals surface area contributed by atoms with Crippen molar-refractivity contribution in [3.05, 3.63) is 41.5 Å². The van der Waals surface area contributed by atoms with Crippen LogP contribution >= 0.6 is 0 Å². The minimum Gasteiger partial charge on any atom is -0.497 e. The highest BCUT2D eigenvalue weighted by Crippen LogP contribution is 2.22. The summed E-state index contributed by atoms with van der Waals surface area (Å²) in [6.07, 6.45) is 7.51. The van der Waals surface area contributed by atoms with Gasteiger partial charge in [0.05, 0.1) is 7.11 Å². The average molecular weight is 230 g/mol. The third-order valence-electron chi connectivity index (χ3n) is 3.18. The van der Waals surface area contributed by atoms with E-state index in [2.05, 4.69) is 6.08 Å². The fourth-order valence-corrected chi connectivity index (χ4v) is 2.15. The van der Waals surface area contributed by atoms with Gasteiger partial charge in [-0.3, -0.25) is 4.79 Å². The summed E-state index contributed by atoms with van der Waals surface area (Å²) < 4.78 is 5.08. The van der Waals surface area contributed by atoms with Crippen molar-refractivity contribution >= 4 is 5.78 Å². The Morgan fingerprint density at radius 3 is 2.59 bits per heavy atom. The van der Waals surface area contributed by atoms with Gasteiger partial charge < -0.3 is 4.74 Å². The number of carbonyl (C=O) groups is 1. The number of methoxy groups -OCH3 is 1. The topological polar surface area (TPSA) is 26.3 Å². The molecule has 0 heterocycles. The first kappa shape index (κ1) is 11.9. The van der Waals surface area contributed by atoms with E-state index in [-0.39, 0.29) is 5.78 Å². The van der Waals surface area contributed by atoms with Gasteiger partial charge in [-0.05, 0) is 49.9 Å². The van der Waals surface area contributed by atoms with E-state index in [4.69, 9.17) is 4.74 Å². The van der Waals surface area contributed by atoms with Crippen LogP contribution < -0.4 is 4.74 Å². The van der Waals surface area contributed by atoms with E-state index < -0.39 is 0 Å². The molecule has 90 valence electrons. The third-order valence-corrected chi connectivity index (χ3v) is 3.18. The lowest BCUT2D eigenvalue weighted by molar-refractivity contribution is 0.0991. The van der Waals surface area contributed by atoms with Crippen LogP contribution in [-0.2, 0) is 0 Å². The molecule has 0 bridgehead atoms. The van der Waals surface area contributed by atoms with Gasteiger partial charge in [0, 0.05) is 12.0 Å². The number of rotatable bonds is 4. The molecule has 0 atom stereocenters. The lowest BCUT2D eigenvalue weighted by atomic mass is 9.94. The number of benzene rings is 1. The molecule has 1 aromatic carbocycles. The van der Waals surface area contributed by atoms with E-state index in [0.29, 0.717) is 6.42 Å². The van der Waals surface area contributed by atoms with Crippen LogP contribution in [0.4, 0.5) is 0 Å². The second-order valence-electron chi connectivity index (χ2n) is 4.44. The van der Waals surface area contributed by atoms with Crippen molar-refractivity contribution in [2.75, 3.05) is 7.11 Å². The molecular formula is C15H18O2. The molecular weight excluding hydrogens is 212 g/mol. The Balaban J connectivity index is 2.01. The average Bonchev–Trinajstić information content (AvgIpc) is 2.40. The molecule has 2 nitrogen and oxygen atoms in total. The van der Waals surface area contributed by atoms with Crippen molar-refractivity contribution in [3.8, 4) is 5.75 Å². The van der Waals surface area contributed by atoms with E-state index >= 15 is 0 Å². The predicted octanol–water partition coefficient (Wildman–Crippen LogP) is 3.77.